The van der Waals surface area contributed by atoms with Crippen LogP contribution >= 0.6 is 7.82 Å². The maximum atomic E-state index is 13.0. The van der Waals surface area contributed by atoms with Gasteiger partial charge in [0.25, 0.3) is 0 Å². The van der Waals surface area contributed by atoms with Gasteiger partial charge in [0.1, 0.15) is 12.7 Å². The monoisotopic (exact) mass is 1180 g/mol. The Morgan fingerprint density at radius 2 is 0.598 bits per heavy atom. The number of carbonyl (C=O) groups is 3. The molecule has 0 aromatic rings. The number of aliphatic hydroxyl groups excluding tert-OH is 1. The molecule has 0 radical (unpaired) electrons. The number of phosphoric ester groups is 1. The maximum Gasteiger partial charge on any atom is 0.472 e. The molecule has 0 saturated carbocycles. The van der Waals surface area contributed by atoms with Crippen LogP contribution in [0.15, 0.2) is 48.6 Å². The first-order valence-electron chi connectivity index (χ1n) is 34.5. The molecule has 0 saturated heterocycles. The molecule has 0 aromatic heterocycles. The van der Waals surface area contributed by atoms with Gasteiger partial charge in [0.05, 0.1) is 19.8 Å². The van der Waals surface area contributed by atoms with Crippen molar-refractivity contribution in [2.45, 2.75) is 354 Å². The van der Waals surface area contributed by atoms with Gasteiger partial charge in [0, 0.05) is 19.3 Å². The molecule has 0 aromatic carbocycles. The Morgan fingerprint density at radius 1 is 0.341 bits per heavy atom. The number of esters is 3. The molecule has 0 bridgehead atoms. The molecule has 3 atom stereocenters. The molecule has 11 nitrogen and oxygen atoms in total. The van der Waals surface area contributed by atoms with E-state index in [0.717, 1.165) is 89.9 Å². The third-order valence-electron chi connectivity index (χ3n) is 15.2. The second-order valence-electron chi connectivity index (χ2n) is 23.3. The SMILES string of the molecule is CCCCC/C=C\C/C=C\C/C=C\CCCCCCCCC(=O)OCC(COP(=O)(O)OCC(CO)OC(=O)CCCCCCCCCCCCCCCCCCC)OC(=O)CCCCCCCCCCC/C=C\CCCCCCCC. The average Bonchev–Trinajstić information content (AvgIpc) is 3.47. The summed E-state index contributed by atoms with van der Waals surface area (Å²) in [4.78, 5) is 48.9. The first-order chi connectivity index (χ1) is 40.2. The van der Waals surface area contributed by atoms with Gasteiger partial charge in [-0.05, 0) is 83.5 Å². The van der Waals surface area contributed by atoms with E-state index < -0.39 is 57.8 Å². The normalized spacial score (nSPS) is 13.5. The Hall–Kier alpha value is -2.56. The lowest BCUT2D eigenvalue weighted by molar-refractivity contribution is -0.161. The van der Waals surface area contributed by atoms with E-state index in [9.17, 15) is 28.9 Å². The Kier molecular flexibility index (Phi) is 62.4. The third-order valence-corrected chi connectivity index (χ3v) is 16.2. The van der Waals surface area contributed by atoms with E-state index in [0.29, 0.717) is 19.3 Å². The summed E-state index contributed by atoms with van der Waals surface area (Å²) < 4.78 is 39.8. The molecule has 82 heavy (non-hydrogen) atoms. The summed E-state index contributed by atoms with van der Waals surface area (Å²) >= 11 is 0. The minimum Gasteiger partial charge on any atom is -0.462 e. The number of carbonyl (C=O) groups excluding carboxylic acids is 3. The zero-order valence-electron chi connectivity index (χ0n) is 53.5. The Balaban J connectivity index is 4.68. The Morgan fingerprint density at radius 3 is 0.951 bits per heavy atom. The van der Waals surface area contributed by atoms with E-state index in [1.807, 2.05) is 0 Å². The Bertz CT molecular complexity index is 1560. The molecule has 0 spiro atoms. The molecule has 3 unspecified atom stereocenters. The van der Waals surface area contributed by atoms with Crippen molar-refractivity contribution < 1.29 is 52.2 Å². The first kappa shape index (κ1) is 79.4. The van der Waals surface area contributed by atoms with Crippen LogP contribution in [0, 0.1) is 0 Å². The average molecular weight is 1180 g/mol. The fourth-order valence-corrected chi connectivity index (χ4v) is 10.7. The smallest absolute Gasteiger partial charge is 0.462 e. The second kappa shape index (κ2) is 64.4. The van der Waals surface area contributed by atoms with Crippen LogP contribution in [0.4, 0.5) is 0 Å². The summed E-state index contributed by atoms with van der Waals surface area (Å²) in [5.41, 5.74) is 0. The van der Waals surface area contributed by atoms with Crippen LogP contribution in [-0.2, 0) is 42.2 Å². The molecular weight excluding hydrogens is 1050 g/mol. The number of hydrogen-bond acceptors (Lipinski definition) is 10. The highest BCUT2D eigenvalue weighted by Crippen LogP contribution is 2.43. The molecular formula is C70H129O11P. The van der Waals surface area contributed by atoms with Crippen molar-refractivity contribution in [3.8, 4) is 0 Å². The number of allylic oxidation sites excluding steroid dienone is 8. The molecule has 0 aliphatic rings. The maximum absolute atomic E-state index is 13.0. The highest BCUT2D eigenvalue weighted by molar-refractivity contribution is 7.47. The fourth-order valence-electron chi connectivity index (χ4n) is 9.95. The highest BCUT2D eigenvalue weighted by atomic mass is 31.2. The topological polar surface area (TPSA) is 155 Å². The van der Waals surface area contributed by atoms with E-state index in [2.05, 4.69) is 69.4 Å². The van der Waals surface area contributed by atoms with Gasteiger partial charge in [0.15, 0.2) is 6.10 Å². The van der Waals surface area contributed by atoms with Gasteiger partial charge in [-0.25, -0.2) is 4.57 Å². The highest BCUT2D eigenvalue weighted by Gasteiger charge is 2.28. The Labute approximate surface area is 504 Å². The lowest BCUT2D eigenvalue weighted by Crippen LogP contribution is -2.30. The zero-order chi connectivity index (χ0) is 59.8. The molecule has 12 heteroatoms. The summed E-state index contributed by atoms with van der Waals surface area (Å²) in [5.74, 6) is -1.46. The molecule has 0 rings (SSSR count). The fraction of sp³-hybridized carbons (Fsp3) is 0.843. The predicted octanol–water partition coefficient (Wildman–Crippen LogP) is 21.3. The summed E-state index contributed by atoms with van der Waals surface area (Å²) in [5, 5.41) is 9.87. The van der Waals surface area contributed by atoms with Crippen molar-refractivity contribution in [1.29, 1.82) is 0 Å². The summed E-state index contributed by atoms with van der Waals surface area (Å²) in [6.07, 6.45) is 72.0. The zero-order valence-corrected chi connectivity index (χ0v) is 54.4. The van der Waals surface area contributed by atoms with Crippen molar-refractivity contribution in [3.63, 3.8) is 0 Å². The van der Waals surface area contributed by atoms with Crippen molar-refractivity contribution in [2.24, 2.45) is 0 Å². The molecule has 480 valence electrons. The van der Waals surface area contributed by atoms with Crippen LogP contribution in [0.2, 0.25) is 0 Å². The molecule has 0 fully saturated rings. The molecule has 2 N–H and O–H groups in total. The summed E-state index contributed by atoms with van der Waals surface area (Å²) in [6, 6.07) is 0. The van der Waals surface area contributed by atoms with Crippen LogP contribution in [0.5, 0.6) is 0 Å². The summed E-state index contributed by atoms with van der Waals surface area (Å²) in [7, 11) is -4.76. The van der Waals surface area contributed by atoms with E-state index in [1.54, 1.807) is 0 Å². The van der Waals surface area contributed by atoms with Crippen LogP contribution in [0.1, 0.15) is 342 Å². The minimum atomic E-state index is -4.76. The molecule has 0 aliphatic heterocycles. The number of unbranched alkanes of at least 4 members (excludes halogenated alkanes) is 40. The number of hydrogen-bond donors (Lipinski definition) is 2. The lowest BCUT2D eigenvalue weighted by Gasteiger charge is -2.21. The van der Waals surface area contributed by atoms with Crippen molar-refractivity contribution in [1.82, 2.24) is 0 Å². The van der Waals surface area contributed by atoms with Gasteiger partial charge < -0.3 is 24.2 Å². The van der Waals surface area contributed by atoms with Crippen LogP contribution in [0.3, 0.4) is 0 Å². The largest absolute Gasteiger partial charge is 0.472 e. The van der Waals surface area contributed by atoms with Gasteiger partial charge in [-0.15, -0.1) is 0 Å². The number of rotatable bonds is 65. The quantitative estimate of drug-likeness (QED) is 0.0197. The number of ether oxygens (including phenoxy) is 3. The first-order valence-corrected chi connectivity index (χ1v) is 36.0. The molecule has 0 aliphatic carbocycles. The van der Waals surface area contributed by atoms with E-state index in [-0.39, 0.29) is 25.9 Å². The predicted molar refractivity (Wildman–Crippen MR) is 344 cm³/mol. The number of aliphatic hydroxyl groups is 1. The van der Waals surface area contributed by atoms with Crippen molar-refractivity contribution in [2.75, 3.05) is 26.4 Å². The van der Waals surface area contributed by atoms with Gasteiger partial charge in [0.2, 0.25) is 0 Å². The van der Waals surface area contributed by atoms with Crippen molar-refractivity contribution in [3.05, 3.63) is 48.6 Å². The van der Waals surface area contributed by atoms with Crippen molar-refractivity contribution >= 4 is 25.7 Å². The van der Waals surface area contributed by atoms with Gasteiger partial charge >= 0.3 is 25.7 Å². The minimum absolute atomic E-state index is 0.165. The third kappa shape index (κ3) is 62.0. The van der Waals surface area contributed by atoms with Gasteiger partial charge in [-0.2, -0.15) is 0 Å². The van der Waals surface area contributed by atoms with E-state index in [1.165, 1.54) is 193 Å². The number of phosphoric acid groups is 1. The standard InChI is InChI=1S/C70H129O11P/c1-4-7-10-13-16-19-22-25-28-31-33-36-38-41-44-47-50-53-56-59-68(72)77-63-67(81-70(74)61-58-55-52-49-46-43-40-37-34-32-29-26-23-20-17-14-11-8-5-2)65-79-82(75,76)78-64-66(62-71)80-69(73)60-57-54-51-48-45-42-39-35-30-27-24-21-18-15-12-9-6-3/h16,19,25-26,28-29,33,36,66-67,71H,4-15,17-18,20-24,27,30-32,34-35,37-65H2,1-3H3,(H,75,76)/b19-16-,28-25-,29-26-,36-33-. The van der Waals surface area contributed by atoms with E-state index in [4.69, 9.17) is 23.3 Å². The molecule has 0 heterocycles. The second-order valence-corrected chi connectivity index (χ2v) is 24.8. The van der Waals surface area contributed by atoms with Crippen LogP contribution < -0.4 is 0 Å². The lowest BCUT2D eigenvalue weighted by atomic mass is 10.0. The van der Waals surface area contributed by atoms with Gasteiger partial charge in [-0.3, -0.25) is 23.4 Å². The summed E-state index contributed by atoms with van der Waals surface area (Å²) in [6.45, 7) is 4.68. The van der Waals surface area contributed by atoms with Crippen LogP contribution in [0.25, 0.3) is 0 Å². The van der Waals surface area contributed by atoms with E-state index >= 15 is 0 Å². The van der Waals surface area contributed by atoms with Gasteiger partial charge in [-0.1, -0.05) is 288 Å². The molecule has 0 amide bonds. The van der Waals surface area contributed by atoms with Crippen LogP contribution in [-0.4, -0.2) is 66.5 Å².